The Hall–Kier alpha value is -0.990. The molecule has 3 nitrogen and oxygen atoms in total. The van der Waals surface area contributed by atoms with Gasteiger partial charge in [0.05, 0.1) is 6.20 Å². The van der Waals surface area contributed by atoms with Crippen LogP contribution in [0.5, 0.6) is 0 Å². The molecule has 0 unspecified atom stereocenters. The summed E-state index contributed by atoms with van der Waals surface area (Å²) in [6.45, 7) is 1.06. The molecule has 92 valence electrons. The zero-order valence-corrected chi connectivity index (χ0v) is 10.3. The maximum atomic E-state index is 5.97. The van der Waals surface area contributed by atoms with Gasteiger partial charge in [0.2, 0.25) is 0 Å². The normalized spacial score (nSPS) is 43.2. The molecule has 0 radical (unpaired) electrons. The van der Waals surface area contributed by atoms with Crippen molar-refractivity contribution in [2.45, 2.75) is 45.1 Å². The van der Waals surface area contributed by atoms with Gasteiger partial charge in [-0.3, -0.25) is 0 Å². The first-order chi connectivity index (χ1) is 8.22. The van der Waals surface area contributed by atoms with Gasteiger partial charge in [-0.2, -0.15) is 5.10 Å². The van der Waals surface area contributed by atoms with Gasteiger partial charge in [0.15, 0.2) is 0 Å². The molecular weight excluding hydrogens is 210 g/mol. The van der Waals surface area contributed by atoms with Crippen molar-refractivity contribution in [3.05, 3.63) is 12.3 Å². The van der Waals surface area contributed by atoms with Gasteiger partial charge in [0.1, 0.15) is 5.82 Å². The van der Waals surface area contributed by atoms with Crippen LogP contribution in [0.3, 0.4) is 0 Å². The molecule has 1 aromatic heterocycles. The van der Waals surface area contributed by atoms with E-state index in [1.807, 2.05) is 16.9 Å². The number of anilines is 1. The predicted octanol–water partition coefficient (Wildman–Crippen LogP) is 2.68. The Kier molecular flexibility index (Phi) is 1.92. The number of hydrogen-bond acceptors (Lipinski definition) is 2. The van der Waals surface area contributed by atoms with Gasteiger partial charge in [-0.05, 0) is 67.8 Å². The van der Waals surface area contributed by atoms with E-state index in [9.17, 15) is 0 Å². The summed E-state index contributed by atoms with van der Waals surface area (Å²) in [6.07, 6.45) is 10.6. The number of nitrogens with two attached hydrogens (primary N) is 1. The van der Waals surface area contributed by atoms with Crippen LogP contribution in [0.25, 0.3) is 0 Å². The van der Waals surface area contributed by atoms with Crippen molar-refractivity contribution in [3.63, 3.8) is 0 Å². The molecule has 4 aliphatic carbocycles. The third-order valence-electron chi connectivity index (χ3n) is 5.40. The number of nitrogen functional groups attached to an aromatic ring is 1. The second-order valence-electron chi connectivity index (χ2n) is 6.83. The Morgan fingerprint density at radius 3 is 2.24 bits per heavy atom. The zero-order chi connectivity index (χ0) is 11.5. The molecule has 4 bridgehead atoms. The average Bonchev–Trinajstić information content (AvgIpc) is 2.61. The predicted molar refractivity (Wildman–Crippen MR) is 67.2 cm³/mol. The first-order valence-corrected chi connectivity index (χ1v) is 7.00. The Balaban J connectivity index is 1.62. The smallest absolute Gasteiger partial charge is 0.121 e. The fourth-order valence-corrected chi connectivity index (χ4v) is 5.28. The lowest BCUT2D eigenvalue weighted by atomic mass is 9.49. The largest absolute Gasteiger partial charge is 0.384 e. The maximum Gasteiger partial charge on any atom is 0.121 e. The van der Waals surface area contributed by atoms with Crippen LogP contribution in [-0.2, 0) is 6.54 Å². The summed E-state index contributed by atoms with van der Waals surface area (Å²) in [7, 11) is 0. The van der Waals surface area contributed by atoms with Crippen molar-refractivity contribution in [1.29, 1.82) is 0 Å². The molecule has 4 aliphatic rings. The van der Waals surface area contributed by atoms with Crippen molar-refractivity contribution in [1.82, 2.24) is 9.78 Å². The van der Waals surface area contributed by atoms with E-state index in [4.69, 9.17) is 5.73 Å². The molecule has 5 rings (SSSR count). The molecule has 0 aliphatic heterocycles. The van der Waals surface area contributed by atoms with Gasteiger partial charge in [0, 0.05) is 6.54 Å². The molecule has 4 saturated carbocycles. The van der Waals surface area contributed by atoms with E-state index in [0.29, 0.717) is 5.41 Å². The monoisotopic (exact) mass is 231 g/mol. The Morgan fingerprint density at radius 2 is 1.76 bits per heavy atom. The second kappa shape index (κ2) is 3.27. The van der Waals surface area contributed by atoms with E-state index in [2.05, 4.69) is 5.10 Å². The van der Waals surface area contributed by atoms with Crippen LogP contribution in [0, 0.1) is 23.2 Å². The summed E-state index contributed by atoms with van der Waals surface area (Å²) < 4.78 is 2.03. The maximum absolute atomic E-state index is 5.97. The standard InChI is InChI=1S/C14H21N3/c15-13-1-2-16-17(13)9-14-6-10-3-11(7-14)5-12(4-10)8-14/h1-2,10-12H,3-9,15H2. The fraction of sp³-hybridized carbons (Fsp3) is 0.786. The summed E-state index contributed by atoms with van der Waals surface area (Å²) in [5.41, 5.74) is 6.51. The molecule has 0 saturated heterocycles. The van der Waals surface area contributed by atoms with Crippen molar-refractivity contribution in [3.8, 4) is 0 Å². The van der Waals surface area contributed by atoms with Crippen molar-refractivity contribution in [2.24, 2.45) is 23.2 Å². The van der Waals surface area contributed by atoms with Crippen LogP contribution in [0.15, 0.2) is 12.3 Å². The minimum atomic E-state index is 0.537. The van der Waals surface area contributed by atoms with E-state index in [1.165, 1.54) is 38.5 Å². The average molecular weight is 231 g/mol. The van der Waals surface area contributed by atoms with Crippen LogP contribution in [0.2, 0.25) is 0 Å². The Labute approximate surface area is 102 Å². The van der Waals surface area contributed by atoms with Crippen LogP contribution in [-0.4, -0.2) is 9.78 Å². The summed E-state index contributed by atoms with van der Waals surface area (Å²) in [4.78, 5) is 0. The minimum Gasteiger partial charge on any atom is -0.384 e. The van der Waals surface area contributed by atoms with Crippen molar-refractivity contribution < 1.29 is 0 Å². The minimum absolute atomic E-state index is 0.537. The highest BCUT2D eigenvalue weighted by Gasteiger charge is 2.51. The summed E-state index contributed by atoms with van der Waals surface area (Å²) >= 11 is 0. The van der Waals surface area contributed by atoms with Gasteiger partial charge in [-0.25, -0.2) is 4.68 Å². The molecular formula is C14H21N3. The van der Waals surface area contributed by atoms with Crippen LogP contribution >= 0.6 is 0 Å². The van der Waals surface area contributed by atoms with Crippen molar-refractivity contribution >= 4 is 5.82 Å². The summed E-state index contributed by atoms with van der Waals surface area (Å²) in [5, 5.41) is 4.38. The molecule has 0 atom stereocenters. The van der Waals surface area contributed by atoms with E-state index < -0.39 is 0 Å². The van der Waals surface area contributed by atoms with E-state index >= 15 is 0 Å². The highest BCUT2D eigenvalue weighted by molar-refractivity contribution is 5.26. The second-order valence-corrected chi connectivity index (χ2v) is 6.83. The molecule has 1 heterocycles. The van der Waals surface area contributed by atoms with Gasteiger partial charge >= 0.3 is 0 Å². The lowest BCUT2D eigenvalue weighted by Crippen LogP contribution is -2.48. The van der Waals surface area contributed by atoms with E-state index in [1.54, 1.807) is 0 Å². The quantitative estimate of drug-likeness (QED) is 0.850. The third-order valence-corrected chi connectivity index (χ3v) is 5.40. The molecule has 1 aromatic rings. The van der Waals surface area contributed by atoms with Gasteiger partial charge in [-0.1, -0.05) is 0 Å². The lowest BCUT2D eigenvalue weighted by Gasteiger charge is -2.56. The van der Waals surface area contributed by atoms with Gasteiger partial charge < -0.3 is 5.73 Å². The van der Waals surface area contributed by atoms with Crippen molar-refractivity contribution in [2.75, 3.05) is 5.73 Å². The molecule has 17 heavy (non-hydrogen) atoms. The summed E-state index contributed by atoms with van der Waals surface area (Å²) in [6, 6.07) is 1.92. The van der Waals surface area contributed by atoms with Crippen LogP contribution < -0.4 is 5.73 Å². The molecule has 3 heteroatoms. The molecule has 0 spiro atoms. The number of aromatic nitrogens is 2. The first-order valence-electron chi connectivity index (χ1n) is 7.00. The van der Waals surface area contributed by atoms with Gasteiger partial charge in [0.25, 0.3) is 0 Å². The van der Waals surface area contributed by atoms with Crippen LogP contribution in [0.1, 0.15) is 38.5 Å². The van der Waals surface area contributed by atoms with E-state index in [0.717, 1.165) is 30.1 Å². The number of hydrogen-bond donors (Lipinski definition) is 1. The third kappa shape index (κ3) is 1.51. The Bertz CT molecular complexity index is 399. The lowest BCUT2D eigenvalue weighted by molar-refractivity contribution is -0.0632. The molecule has 0 aromatic carbocycles. The number of nitrogens with zero attached hydrogens (tertiary/aromatic N) is 2. The zero-order valence-electron chi connectivity index (χ0n) is 10.3. The Morgan fingerprint density at radius 1 is 1.18 bits per heavy atom. The summed E-state index contributed by atoms with van der Waals surface area (Å²) in [5.74, 6) is 3.87. The molecule has 4 fully saturated rings. The van der Waals surface area contributed by atoms with E-state index in [-0.39, 0.29) is 0 Å². The highest BCUT2D eigenvalue weighted by Crippen LogP contribution is 2.60. The van der Waals surface area contributed by atoms with Crippen LogP contribution in [0.4, 0.5) is 5.82 Å². The van der Waals surface area contributed by atoms with Gasteiger partial charge in [-0.15, -0.1) is 0 Å². The highest BCUT2D eigenvalue weighted by atomic mass is 15.3. The fourth-order valence-electron chi connectivity index (χ4n) is 5.28. The first kappa shape index (κ1) is 9.98. The molecule has 0 amide bonds. The topological polar surface area (TPSA) is 43.8 Å². The number of rotatable bonds is 2. The SMILES string of the molecule is Nc1ccnn1CC12CC3CC(CC(C3)C1)C2. The molecule has 2 N–H and O–H groups in total.